The molecule has 19 heavy (non-hydrogen) atoms. The Morgan fingerprint density at radius 1 is 1.32 bits per heavy atom. The Morgan fingerprint density at radius 2 is 2.05 bits per heavy atom. The third-order valence-corrected chi connectivity index (χ3v) is 3.79. The molecule has 7 heteroatoms. The highest BCUT2D eigenvalue weighted by Gasteiger charge is 2.14. The van der Waals surface area contributed by atoms with E-state index in [2.05, 4.69) is 21.2 Å². The number of carbonyl (C=O) groups excluding carboxylic acids is 2. The van der Waals surface area contributed by atoms with Crippen molar-refractivity contribution in [2.45, 2.75) is 0 Å². The van der Waals surface area contributed by atoms with Gasteiger partial charge in [0.25, 0.3) is 11.8 Å². The summed E-state index contributed by atoms with van der Waals surface area (Å²) in [5.74, 6) is -0.933. The number of primary amides is 1. The molecule has 4 nitrogen and oxygen atoms in total. The fourth-order valence-electron chi connectivity index (χ4n) is 1.46. The maximum Gasteiger partial charge on any atom is 0.256 e. The standard InChI is InChI=1S/C12H8BrClN2O2S/c13-7-3-6(4-8(14)5-7)11(18)16-12-9(10(15)17)1-2-19-12/h1-5H,(H2,15,17)(H,16,18). The first-order valence-corrected chi connectivity index (χ1v) is 7.17. The summed E-state index contributed by atoms with van der Waals surface area (Å²) in [5.41, 5.74) is 5.89. The lowest BCUT2D eigenvalue weighted by Crippen LogP contribution is -2.16. The van der Waals surface area contributed by atoms with Gasteiger partial charge in [-0.3, -0.25) is 9.59 Å². The Hall–Kier alpha value is -1.37. The molecule has 0 aliphatic heterocycles. The maximum atomic E-state index is 12.1. The molecule has 98 valence electrons. The van der Waals surface area contributed by atoms with Gasteiger partial charge in [-0.15, -0.1) is 11.3 Å². The van der Waals surface area contributed by atoms with E-state index in [0.717, 1.165) is 0 Å². The van der Waals surface area contributed by atoms with E-state index in [0.29, 0.717) is 25.6 Å². The second-order valence-corrected chi connectivity index (χ2v) is 5.91. The van der Waals surface area contributed by atoms with Gasteiger partial charge >= 0.3 is 0 Å². The van der Waals surface area contributed by atoms with Crippen LogP contribution in [0.1, 0.15) is 20.7 Å². The second-order valence-electron chi connectivity index (χ2n) is 3.64. The van der Waals surface area contributed by atoms with Crippen molar-refractivity contribution in [1.29, 1.82) is 0 Å². The fraction of sp³-hybridized carbons (Fsp3) is 0. The van der Waals surface area contributed by atoms with Gasteiger partial charge in [0, 0.05) is 15.1 Å². The highest BCUT2D eigenvalue weighted by atomic mass is 79.9. The molecule has 0 saturated heterocycles. The van der Waals surface area contributed by atoms with Crippen LogP contribution in [0.4, 0.5) is 5.00 Å². The van der Waals surface area contributed by atoms with E-state index in [4.69, 9.17) is 17.3 Å². The molecule has 0 atom stereocenters. The van der Waals surface area contributed by atoms with E-state index < -0.39 is 5.91 Å². The van der Waals surface area contributed by atoms with Crippen molar-refractivity contribution in [2.24, 2.45) is 5.73 Å². The fourth-order valence-corrected chi connectivity index (χ4v) is 3.11. The van der Waals surface area contributed by atoms with Crippen LogP contribution in [0.15, 0.2) is 34.1 Å². The molecule has 0 aliphatic rings. The zero-order chi connectivity index (χ0) is 14.0. The Balaban J connectivity index is 2.25. The Bertz CT molecular complexity index is 637. The Morgan fingerprint density at radius 3 is 2.68 bits per heavy atom. The highest BCUT2D eigenvalue weighted by Crippen LogP contribution is 2.25. The SMILES string of the molecule is NC(=O)c1ccsc1NC(=O)c1cc(Cl)cc(Br)c1. The van der Waals surface area contributed by atoms with Crippen molar-refractivity contribution in [3.05, 3.63) is 50.3 Å². The van der Waals surface area contributed by atoms with Crippen LogP contribution >= 0.6 is 38.9 Å². The summed E-state index contributed by atoms with van der Waals surface area (Å²) < 4.78 is 0.700. The lowest BCUT2D eigenvalue weighted by Gasteiger charge is -2.05. The minimum absolute atomic E-state index is 0.291. The van der Waals surface area contributed by atoms with Crippen LogP contribution in [0.5, 0.6) is 0 Å². The van der Waals surface area contributed by atoms with Crippen molar-refractivity contribution in [2.75, 3.05) is 5.32 Å². The molecular formula is C12H8BrClN2O2S. The number of thiophene rings is 1. The number of carbonyl (C=O) groups is 2. The van der Waals surface area contributed by atoms with E-state index in [1.165, 1.54) is 11.3 Å². The molecule has 0 bridgehead atoms. The molecule has 0 radical (unpaired) electrons. The largest absolute Gasteiger partial charge is 0.366 e. The van der Waals surface area contributed by atoms with Gasteiger partial charge in [0.2, 0.25) is 0 Å². The minimum atomic E-state index is -0.580. The van der Waals surface area contributed by atoms with Crippen LogP contribution in [-0.2, 0) is 0 Å². The molecule has 1 aromatic carbocycles. The third kappa shape index (κ3) is 3.34. The predicted octanol–water partition coefficient (Wildman–Crippen LogP) is 3.52. The van der Waals surface area contributed by atoms with Gasteiger partial charge in [0.15, 0.2) is 0 Å². The lowest BCUT2D eigenvalue weighted by molar-refractivity contribution is 0.100. The highest BCUT2D eigenvalue weighted by molar-refractivity contribution is 9.10. The summed E-state index contributed by atoms with van der Waals surface area (Å²) in [5, 5.41) is 5.20. The van der Waals surface area contributed by atoms with Crippen LogP contribution in [-0.4, -0.2) is 11.8 Å². The van der Waals surface area contributed by atoms with Crippen molar-refractivity contribution in [3.63, 3.8) is 0 Å². The van der Waals surface area contributed by atoms with E-state index in [9.17, 15) is 9.59 Å². The molecular weight excluding hydrogens is 352 g/mol. The van der Waals surface area contributed by atoms with Crippen molar-refractivity contribution in [3.8, 4) is 0 Å². The molecule has 2 rings (SSSR count). The van der Waals surface area contributed by atoms with E-state index >= 15 is 0 Å². The van der Waals surface area contributed by atoms with Crippen LogP contribution in [0.25, 0.3) is 0 Å². The molecule has 2 amide bonds. The van der Waals surface area contributed by atoms with Gasteiger partial charge in [-0.1, -0.05) is 27.5 Å². The minimum Gasteiger partial charge on any atom is -0.366 e. The first kappa shape index (κ1) is 14.0. The molecule has 0 unspecified atom stereocenters. The summed E-state index contributed by atoms with van der Waals surface area (Å²) in [6.45, 7) is 0. The molecule has 0 aliphatic carbocycles. The first-order chi connectivity index (χ1) is 8.97. The van der Waals surface area contributed by atoms with E-state index in [-0.39, 0.29) is 5.91 Å². The molecule has 0 spiro atoms. The van der Waals surface area contributed by atoms with Crippen LogP contribution in [0.3, 0.4) is 0 Å². The maximum absolute atomic E-state index is 12.1. The van der Waals surface area contributed by atoms with Gasteiger partial charge in [-0.25, -0.2) is 0 Å². The number of halogens is 2. The van der Waals surface area contributed by atoms with Crippen LogP contribution < -0.4 is 11.1 Å². The molecule has 3 N–H and O–H groups in total. The van der Waals surface area contributed by atoms with E-state index in [1.54, 1.807) is 29.6 Å². The average Bonchev–Trinajstić information content (AvgIpc) is 2.75. The van der Waals surface area contributed by atoms with Gasteiger partial charge in [-0.05, 0) is 29.6 Å². The molecule has 2 aromatic rings. The number of nitrogens with two attached hydrogens (primary N) is 1. The summed E-state index contributed by atoms with van der Waals surface area (Å²) in [4.78, 5) is 23.2. The number of amides is 2. The Labute approximate surface area is 126 Å². The molecule has 1 aromatic heterocycles. The zero-order valence-corrected chi connectivity index (χ0v) is 12.6. The smallest absolute Gasteiger partial charge is 0.256 e. The number of hydrogen-bond acceptors (Lipinski definition) is 3. The van der Waals surface area contributed by atoms with Gasteiger partial charge < -0.3 is 11.1 Å². The van der Waals surface area contributed by atoms with Crippen LogP contribution in [0.2, 0.25) is 5.02 Å². The third-order valence-electron chi connectivity index (χ3n) is 2.28. The molecule has 0 saturated carbocycles. The Kier molecular flexibility index (Phi) is 4.24. The van der Waals surface area contributed by atoms with E-state index in [1.807, 2.05) is 0 Å². The monoisotopic (exact) mass is 358 g/mol. The first-order valence-electron chi connectivity index (χ1n) is 5.12. The lowest BCUT2D eigenvalue weighted by atomic mass is 10.2. The molecule has 1 heterocycles. The predicted molar refractivity (Wildman–Crippen MR) is 79.9 cm³/mol. The quantitative estimate of drug-likeness (QED) is 0.880. The number of rotatable bonds is 3. The normalized spacial score (nSPS) is 10.2. The van der Waals surface area contributed by atoms with Crippen LogP contribution in [0, 0.1) is 0 Å². The van der Waals surface area contributed by atoms with Crippen molar-refractivity contribution in [1.82, 2.24) is 0 Å². The van der Waals surface area contributed by atoms with Gasteiger partial charge in [0.1, 0.15) is 5.00 Å². The number of nitrogens with one attached hydrogen (secondary N) is 1. The topological polar surface area (TPSA) is 72.2 Å². The second kappa shape index (κ2) is 5.73. The zero-order valence-electron chi connectivity index (χ0n) is 9.44. The number of hydrogen-bond donors (Lipinski definition) is 2. The van der Waals surface area contributed by atoms with Crippen molar-refractivity contribution < 1.29 is 9.59 Å². The number of anilines is 1. The van der Waals surface area contributed by atoms with Crippen molar-refractivity contribution >= 4 is 55.7 Å². The average molecular weight is 360 g/mol. The summed E-state index contributed by atoms with van der Waals surface area (Å²) in [6.07, 6.45) is 0. The van der Waals surface area contributed by atoms with Gasteiger partial charge in [-0.2, -0.15) is 0 Å². The summed E-state index contributed by atoms with van der Waals surface area (Å²) in [7, 11) is 0. The number of benzene rings is 1. The van der Waals surface area contributed by atoms with Gasteiger partial charge in [0.05, 0.1) is 5.56 Å². The summed E-state index contributed by atoms with van der Waals surface area (Å²) >= 11 is 10.4. The summed E-state index contributed by atoms with van der Waals surface area (Å²) in [6, 6.07) is 6.42. The molecule has 0 fully saturated rings.